The summed E-state index contributed by atoms with van der Waals surface area (Å²) >= 11 is 0. The number of hydrogen-bond acceptors (Lipinski definition) is 6. The summed E-state index contributed by atoms with van der Waals surface area (Å²) in [5.41, 5.74) is 2.62. The highest BCUT2D eigenvalue weighted by Gasteiger charge is 2.15. The van der Waals surface area contributed by atoms with Crippen molar-refractivity contribution in [1.29, 1.82) is 0 Å². The summed E-state index contributed by atoms with van der Waals surface area (Å²) < 4.78 is 12.9. The number of para-hydroxylation sites is 1. The summed E-state index contributed by atoms with van der Waals surface area (Å²) in [5, 5.41) is 5.75. The molecular weight excluding hydrogens is 356 g/mol. The molecule has 7 nitrogen and oxygen atoms in total. The summed E-state index contributed by atoms with van der Waals surface area (Å²) in [5.74, 6) is 0.689. The van der Waals surface area contributed by atoms with Gasteiger partial charge in [-0.1, -0.05) is 29.8 Å². The Balaban J connectivity index is 1.63. The van der Waals surface area contributed by atoms with Crippen LogP contribution in [0.15, 0.2) is 76.3 Å². The molecule has 0 amide bonds. The first-order valence-electron chi connectivity index (χ1n) is 8.65. The highest BCUT2D eigenvalue weighted by molar-refractivity contribution is 5.85. The summed E-state index contributed by atoms with van der Waals surface area (Å²) in [6, 6.07) is 16.5. The van der Waals surface area contributed by atoms with Gasteiger partial charge in [0.15, 0.2) is 5.65 Å². The Labute approximate surface area is 158 Å². The number of ether oxygens (including phenoxy) is 1. The maximum Gasteiger partial charge on any atom is 0.339 e. The van der Waals surface area contributed by atoms with Gasteiger partial charge in [-0.25, -0.2) is 19.4 Å². The van der Waals surface area contributed by atoms with Crippen LogP contribution in [0.1, 0.15) is 5.56 Å². The molecule has 7 heteroatoms. The van der Waals surface area contributed by atoms with Crippen LogP contribution in [0.25, 0.3) is 27.7 Å². The van der Waals surface area contributed by atoms with E-state index in [2.05, 4.69) is 15.1 Å². The van der Waals surface area contributed by atoms with Crippen molar-refractivity contribution in [3.63, 3.8) is 0 Å². The standard InChI is InChI=1S/C21H14N4O3/c1-13-6-8-14(9-7-13)25-20-16(11-24-25)21(23-12-22-20)28-18-10-19(26)27-17-5-3-2-4-15(17)18/h2-12H,1H3. The van der Waals surface area contributed by atoms with Crippen molar-refractivity contribution in [3.05, 3.63) is 83.1 Å². The molecule has 0 radical (unpaired) electrons. The van der Waals surface area contributed by atoms with Crippen molar-refractivity contribution in [1.82, 2.24) is 19.7 Å². The fourth-order valence-corrected chi connectivity index (χ4v) is 3.05. The third kappa shape index (κ3) is 2.69. The molecule has 0 aliphatic heterocycles. The van der Waals surface area contributed by atoms with Gasteiger partial charge in [-0.2, -0.15) is 5.10 Å². The second-order valence-electron chi connectivity index (χ2n) is 6.34. The summed E-state index contributed by atoms with van der Waals surface area (Å²) in [7, 11) is 0. The van der Waals surface area contributed by atoms with Crippen LogP contribution in [0.4, 0.5) is 0 Å². The van der Waals surface area contributed by atoms with Gasteiger partial charge in [-0.05, 0) is 31.2 Å². The predicted molar refractivity (Wildman–Crippen MR) is 104 cm³/mol. The smallest absolute Gasteiger partial charge is 0.339 e. The van der Waals surface area contributed by atoms with Crippen LogP contribution < -0.4 is 10.4 Å². The lowest BCUT2D eigenvalue weighted by molar-refractivity contribution is 0.462. The molecule has 136 valence electrons. The van der Waals surface area contributed by atoms with Crippen molar-refractivity contribution < 1.29 is 9.15 Å². The molecule has 0 aliphatic carbocycles. The first-order valence-corrected chi connectivity index (χ1v) is 8.65. The van der Waals surface area contributed by atoms with E-state index in [1.54, 1.807) is 23.0 Å². The summed E-state index contributed by atoms with van der Waals surface area (Å²) in [6.45, 7) is 2.03. The lowest BCUT2D eigenvalue weighted by Gasteiger charge is -2.08. The van der Waals surface area contributed by atoms with Crippen molar-refractivity contribution in [2.45, 2.75) is 6.92 Å². The van der Waals surface area contributed by atoms with Crippen molar-refractivity contribution in [2.24, 2.45) is 0 Å². The lowest BCUT2D eigenvalue weighted by atomic mass is 10.2. The molecule has 0 unspecified atom stereocenters. The van der Waals surface area contributed by atoms with E-state index in [1.807, 2.05) is 43.3 Å². The maximum atomic E-state index is 11.9. The van der Waals surface area contributed by atoms with Crippen LogP contribution >= 0.6 is 0 Å². The normalized spacial score (nSPS) is 11.2. The molecule has 0 saturated carbocycles. The van der Waals surface area contributed by atoms with Crippen LogP contribution in [0, 0.1) is 6.92 Å². The molecule has 2 aromatic carbocycles. The first-order chi connectivity index (χ1) is 13.7. The molecule has 3 heterocycles. The van der Waals surface area contributed by atoms with Gasteiger partial charge >= 0.3 is 5.63 Å². The Hall–Kier alpha value is -4.00. The fraction of sp³-hybridized carbons (Fsp3) is 0.0476. The van der Waals surface area contributed by atoms with E-state index in [1.165, 1.54) is 12.4 Å². The molecule has 0 N–H and O–H groups in total. The van der Waals surface area contributed by atoms with Gasteiger partial charge in [0, 0.05) is 0 Å². The fourth-order valence-electron chi connectivity index (χ4n) is 3.05. The molecule has 5 rings (SSSR count). The number of benzene rings is 2. The zero-order valence-corrected chi connectivity index (χ0v) is 14.9. The molecule has 0 saturated heterocycles. The average Bonchev–Trinajstić information content (AvgIpc) is 3.14. The largest absolute Gasteiger partial charge is 0.437 e. The van der Waals surface area contributed by atoms with Gasteiger partial charge in [-0.3, -0.25) is 0 Å². The van der Waals surface area contributed by atoms with E-state index in [4.69, 9.17) is 9.15 Å². The third-order valence-electron chi connectivity index (χ3n) is 4.43. The van der Waals surface area contributed by atoms with Gasteiger partial charge in [0.1, 0.15) is 23.0 Å². The quantitative estimate of drug-likeness (QED) is 0.446. The summed E-state index contributed by atoms with van der Waals surface area (Å²) in [4.78, 5) is 20.5. The minimum Gasteiger partial charge on any atom is -0.437 e. The first kappa shape index (κ1) is 16.2. The van der Waals surface area contributed by atoms with Crippen molar-refractivity contribution in [2.75, 3.05) is 0 Å². The molecule has 0 bridgehead atoms. The van der Waals surface area contributed by atoms with E-state index in [0.717, 1.165) is 11.3 Å². The Morgan fingerprint density at radius 3 is 2.68 bits per heavy atom. The van der Waals surface area contributed by atoms with Gasteiger partial charge in [-0.15, -0.1) is 0 Å². The molecular formula is C21H14N4O3. The van der Waals surface area contributed by atoms with Crippen LogP contribution in [-0.2, 0) is 0 Å². The molecule has 5 aromatic rings. The average molecular weight is 370 g/mol. The number of nitrogens with zero attached hydrogens (tertiary/aromatic N) is 4. The molecule has 0 fully saturated rings. The van der Waals surface area contributed by atoms with Gasteiger partial charge in [0.25, 0.3) is 0 Å². The van der Waals surface area contributed by atoms with Gasteiger partial charge in [0.05, 0.1) is 23.3 Å². The summed E-state index contributed by atoms with van der Waals surface area (Å²) in [6.07, 6.45) is 3.07. The number of hydrogen-bond donors (Lipinski definition) is 0. The van der Waals surface area contributed by atoms with Crippen LogP contribution in [0.2, 0.25) is 0 Å². The Morgan fingerprint density at radius 1 is 1.00 bits per heavy atom. The molecule has 0 aliphatic rings. The van der Waals surface area contributed by atoms with E-state index >= 15 is 0 Å². The monoisotopic (exact) mass is 370 g/mol. The second kappa shape index (κ2) is 6.31. The zero-order chi connectivity index (χ0) is 19.1. The third-order valence-corrected chi connectivity index (χ3v) is 4.43. The van der Waals surface area contributed by atoms with Crippen LogP contribution in [-0.4, -0.2) is 19.7 Å². The van der Waals surface area contributed by atoms with E-state index < -0.39 is 5.63 Å². The minimum atomic E-state index is -0.491. The predicted octanol–water partition coefficient (Wildman–Crippen LogP) is 4.02. The molecule has 0 atom stereocenters. The zero-order valence-electron chi connectivity index (χ0n) is 14.9. The van der Waals surface area contributed by atoms with E-state index in [-0.39, 0.29) is 0 Å². The van der Waals surface area contributed by atoms with Crippen molar-refractivity contribution in [3.8, 4) is 17.3 Å². The number of aromatic nitrogens is 4. The molecule has 28 heavy (non-hydrogen) atoms. The highest BCUT2D eigenvalue weighted by atomic mass is 16.5. The van der Waals surface area contributed by atoms with Crippen molar-refractivity contribution >= 4 is 22.0 Å². The number of aryl methyl sites for hydroxylation is 1. The minimum absolute atomic E-state index is 0.319. The Kier molecular flexibility index (Phi) is 3.65. The Bertz CT molecular complexity index is 1370. The second-order valence-corrected chi connectivity index (χ2v) is 6.34. The highest BCUT2D eigenvalue weighted by Crippen LogP contribution is 2.31. The van der Waals surface area contributed by atoms with Gasteiger partial charge < -0.3 is 9.15 Å². The topological polar surface area (TPSA) is 83.0 Å². The molecule has 0 spiro atoms. The van der Waals surface area contributed by atoms with Gasteiger partial charge in [0.2, 0.25) is 5.88 Å². The Morgan fingerprint density at radius 2 is 1.82 bits per heavy atom. The van der Waals surface area contributed by atoms with Crippen LogP contribution in [0.5, 0.6) is 11.6 Å². The number of rotatable bonds is 3. The molecule has 3 aromatic heterocycles. The van der Waals surface area contributed by atoms with E-state index in [9.17, 15) is 4.79 Å². The SMILES string of the molecule is Cc1ccc(-n2ncc3c(Oc4cc(=O)oc5ccccc45)ncnc32)cc1. The lowest BCUT2D eigenvalue weighted by Crippen LogP contribution is -2.00. The van der Waals surface area contributed by atoms with Crippen LogP contribution in [0.3, 0.4) is 0 Å². The van der Waals surface area contributed by atoms with E-state index in [0.29, 0.717) is 33.6 Å². The maximum absolute atomic E-state index is 11.9. The number of fused-ring (bicyclic) bond motifs is 2.